The summed E-state index contributed by atoms with van der Waals surface area (Å²) in [6.45, 7) is 0.581. The van der Waals surface area contributed by atoms with Crippen LogP contribution in [0, 0.1) is 0 Å². The van der Waals surface area contributed by atoms with Crippen molar-refractivity contribution < 1.29 is 9.53 Å². The fourth-order valence-electron chi connectivity index (χ4n) is 2.71. The first-order valence-electron chi connectivity index (χ1n) is 6.68. The van der Waals surface area contributed by atoms with E-state index >= 15 is 0 Å². The Morgan fingerprint density at radius 3 is 3.00 bits per heavy atom. The fraction of sp³-hybridized carbons (Fsp3) is 0.125. The first kappa shape index (κ1) is 12.0. The maximum Gasteiger partial charge on any atom is 0.259 e. The Kier molecular flexibility index (Phi) is 2.47. The first-order valence-corrected chi connectivity index (χ1v) is 6.68. The van der Waals surface area contributed by atoms with Crippen molar-refractivity contribution in [3.8, 4) is 5.75 Å². The smallest absolute Gasteiger partial charge is 0.259 e. The second-order valence-corrected chi connectivity index (χ2v) is 5.02. The number of benzene rings is 2. The van der Waals surface area contributed by atoms with Crippen LogP contribution in [-0.4, -0.2) is 23.0 Å². The van der Waals surface area contributed by atoms with Crippen LogP contribution in [-0.2, 0) is 6.54 Å². The van der Waals surface area contributed by atoms with Gasteiger partial charge in [0.1, 0.15) is 5.75 Å². The van der Waals surface area contributed by atoms with Gasteiger partial charge in [0, 0.05) is 11.3 Å². The van der Waals surface area contributed by atoms with E-state index in [1.54, 1.807) is 24.4 Å². The zero-order valence-electron chi connectivity index (χ0n) is 11.5. The molecule has 0 saturated heterocycles. The van der Waals surface area contributed by atoms with Crippen molar-refractivity contribution in [2.75, 3.05) is 12.0 Å². The van der Waals surface area contributed by atoms with Gasteiger partial charge in [0.15, 0.2) is 0 Å². The Labute approximate surface area is 121 Å². The summed E-state index contributed by atoms with van der Waals surface area (Å²) in [6, 6.07) is 11.4. The minimum Gasteiger partial charge on any atom is -0.497 e. The summed E-state index contributed by atoms with van der Waals surface area (Å²) in [5.41, 5.74) is 4.41. The van der Waals surface area contributed by atoms with E-state index in [0.29, 0.717) is 17.9 Å². The fourth-order valence-corrected chi connectivity index (χ4v) is 2.71. The van der Waals surface area contributed by atoms with Crippen LogP contribution in [0.3, 0.4) is 0 Å². The van der Waals surface area contributed by atoms with E-state index < -0.39 is 0 Å². The van der Waals surface area contributed by atoms with E-state index in [-0.39, 0.29) is 5.91 Å². The molecule has 0 aliphatic carbocycles. The van der Waals surface area contributed by atoms with Gasteiger partial charge in [0.05, 0.1) is 31.0 Å². The Morgan fingerprint density at radius 1 is 1.24 bits per heavy atom. The molecule has 0 fully saturated rings. The number of H-pyrrole nitrogens is 1. The molecule has 5 heteroatoms. The Hall–Kier alpha value is -2.82. The molecule has 1 aliphatic rings. The number of nitrogens with one attached hydrogen (secondary N) is 1. The molecule has 0 spiro atoms. The largest absolute Gasteiger partial charge is 0.497 e. The molecule has 0 bridgehead atoms. The van der Waals surface area contributed by atoms with E-state index in [2.05, 4.69) is 9.97 Å². The monoisotopic (exact) mass is 279 g/mol. The zero-order valence-corrected chi connectivity index (χ0v) is 11.5. The van der Waals surface area contributed by atoms with Crippen LogP contribution in [0.2, 0.25) is 0 Å². The van der Waals surface area contributed by atoms with Crippen molar-refractivity contribution in [3.63, 3.8) is 0 Å². The molecule has 1 aliphatic heterocycles. The van der Waals surface area contributed by atoms with Crippen molar-refractivity contribution in [2.24, 2.45) is 0 Å². The third kappa shape index (κ3) is 1.78. The van der Waals surface area contributed by atoms with Crippen molar-refractivity contribution in [2.45, 2.75) is 6.54 Å². The molecule has 1 aromatic heterocycles. The highest BCUT2D eigenvalue weighted by Gasteiger charge is 2.29. The molecule has 0 radical (unpaired) electrons. The molecular weight excluding hydrogens is 266 g/mol. The molecule has 1 N–H and O–H groups in total. The Morgan fingerprint density at radius 2 is 2.14 bits per heavy atom. The number of methoxy groups -OCH3 is 1. The van der Waals surface area contributed by atoms with Gasteiger partial charge in [-0.25, -0.2) is 4.98 Å². The van der Waals surface area contributed by atoms with Crippen LogP contribution in [0.4, 0.5) is 5.69 Å². The maximum atomic E-state index is 12.6. The number of hydrogen-bond donors (Lipinski definition) is 1. The summed E-state index contributed by atoms with van der Waals surface area (Å²) in [6.07, 6.45) is 1.65. The molecule has 0 saturated carbocycles. The molecule has 1 amide bonds. The molecule has 2 aromatic carbocycles. The SMILES string of the molecule is COc1ccc2c(c1)C(=O)N(c1ccc3nc[nH]c3c1)C2. The molecule has 4 rings (SSSR count). The van der Waals surface area contributed by atoms with Crippen LogP contribution < -0.4 is 9.64 Å². The highest BCUT2D eigenvalue weighted by atomic mass is 16.5. The lowest BCUT2D eigenvalue weighted by molar-refractivity contribution is 0.0996. The van der Waals surface area contributed by atoms with Crippen LogP contribution in [0.15, 0.2) is 42.7 Å². The van der Waals surface area contributed by atoms with Gasteiger partial charge < -0.3 is 14.6 Å². The number of aromatic nitrogens is 2. The Balaban J connectivity index is 1.75. The second kappa shape index (κ2) is 4.34. The predicted molar refractivity (Wildman–Crippen MR) is 79.6 cm³/mol. The summed E-state index contributed by atoms with van der Waals surface area (Å²) in [7, 11) is 1.60. The number of nitrogens with zero attached hydrogens (tertiary/aromatic N) is 2. The van der Waals surface area contributed by atoms with Gasteiger partial charge in [0.25, 0.3) is 5.91 Å². The number of carbonyl (C=O) groups excluding carboxylic acids is 1. The zero-order chi connectivity index (χ0) is 14.4. The van der Waals surface area contributed by atoms with E-state index in [1.165, 1.54) is 0 Å². The van der Waals surface area contributed by atoms with Crippen LogP contribution in [0.1, 0.15) is 15.9 Å². The van der Waals surface area contributed by atoms with Crippen molar-refractivity contribution >= 4 is 22.6 Å². The van der Waals surface area contributed by atoms with Gasteiger partial charge in [-0.15, -0.1) is 0 Å². The average Bonchev–Trinajstić information content (AvgIpc) is 3.11. The molecular formula is C16H13N3O2. The highest BCUT2D eigenvalue weighted by Crippen LogP contribution is 2.31. The van der Waals surface area contributed by atoms with Gasteiger partial charge in [-0.05, 0) is 35.9 Å². The molecule has 5 nitrogen and oxygen atoms in total. The number of fused-ring (bicyclic) bond motifs is 2. The molecule has 104 valence electrons. The number of rotatable bonds is 2. The number of imidazole rings is 1. The van der Waals surface area contributed by atoms with Crippen molar-refractivity contribution in [3.05, 3.63) is 53.9 Å². The second-order valence-electron chi connectivity index (χ2n) is 5.02. The minimum atomic E-state index is 0.00256. The third-order valence-electron chi connectivity index (χ3n) is 3.84. The number of ether oxygens (including phenoxy) is 1. The van der Waals surface area contributed by atoms with Gasteiger partial charge in [-0.1, -0.05) is 6.07 Å². The summed E-state index contributed by atoms with van der Waals surface area (Å²) in [5, 5.41) is 0. The van der Waals surface area contributed by atoms with Gasteiger partial charge in [0.2, 0.25) is 0 Å². The van der Waals surface area contributed by atoms with Crippen LogP contribution >= 0.6 is 0 Å². The predicted octanol–water partition coefficient (Wildman–Crippen LogP) is 2.73. The van der Waals surface area contributed by atoms with Crippen molar-refractivity contribution in [1.29, 1.82) is 0 Å². The number of carbonyl (C=O) groups is 1. The molecule has 2 heterocycles. The number of aromatic amines is 1. The lowest BCUT2D eigenvalue weighted by Gasteiger charge is -2.15. The highest BCUT2D eigenvalue weighted by molar-refractivity contribution is 6.10. The van der Waals surface area contributed by atoms with E-state index in [9.17, 15) is 4.79 Å². The average molecular weight is 279 g/mol. The third-order valence-corrected chi connectivity index (χ3v) is 3.84. The number of hydrogen-bond acceptors (Lipinski definition) is 3. The minimum absolute atomic E-state index is 0.00256. The first-order chi connectivity index (χ1) is 10.3. The summed E-state index contributed by atoms with van der Waals surface area (Å²) >= 11 is 0. The summed E-state index contributed by atoms with van der Waals surface area (Å²) < 4.78 is 5.19. The van der Waals surface area contributed by atoms with Gasteiger partial charge in [-0.2, -0.15) is 0 Å². The maximum absolute atomic E-state index is 12.6. The van der Waals surface area contributed by atoms with E-state index in [1.807, 2.05) is 30.3 Å². The standard InChI is InChI=1S/C16H13N3O2/c1-21-12-4-2-10-8-19(16(20)13(10)7-12)11-3-5-14-15(6-11)18-9-17-14/h2-7,9H,8H2,1H3,(H,17,18). The lowest BCUT2D eigenvalue weighted by Crippen LogP contribution is -2.22. The molecule has 0 atom stereocenters. The molecule has 3 aromatic rings. The van der Waals surface area contributed by atoms with Gasteiger partial charge >= 0.3 is 0 Å². The molecule has 21 heavy (non-hydrogen) atoms. The lowest BCUT2D eigenvalue weighted by atomic mass is 10.1. The quantitative estimate of drug-likeness (QED) is 0.784. The van der Waals surface area contributed by atoms with E-state index in [4.69, 9.17) is 4.74 Å². The molecule has 0 unspecified atom stereocenters. The Bertz CT molecular complexity index is 854. The van der Waals surface area contributed by atoms with E-state index in [0.717, 1.165) is 22.3 Å². The number of amides is 1. The van der Waals surface area contributed by atoms with Crippen LogP contribution in [0.25, 0.3) is 11.0 Å². The normalized spacial score (nSPS) is 13.8. The summed E-state index contributed by atoms with van der Waals surface area (Å²) in [4.78, 5) is 21.6. The summed E-state index contributed by atoms with van der Waals surface area (Å²) in [5.74, 6) is 0.704. The van der Waals surface area contributed by atoms with Gasteiger partial charge in [-0.3, -0.25) is 4.79 Å². The number of anilines is 1. The topological polar surface area (TPSA) is 58.2 Å². The van der Waals surface area contributed by atoms with Crippen LogP contribution in [0.5, 0.6) is 5.75 Å². The van der Waals surface area contributed by atoms with Crippen molar-refractivity contribution in [1.82, 2.24) is 9.97 Å².